The van der Waals surface area contributed by atoms with E-state index in [1.165, 1.54) is 0 Å². The molecule has 1 atom stereocenters. The zero-order chi connectivity index (χ0) is 9.84. The Balaban J connectivity index is 2.58. The second kappa shape index (κ2) is 4.41. The van der Waals surface area contributed by atoms with E-state index < -0.39 is 0 Å². The molecule has 0 fully saturated rings. The van der Waals surface area contributed by atoms with Crippen LogP contribution in [0.25, 0.3) is 0 Å². The molecule has 0 aliphatic carbocycles. The number of carbonyl (C=O) groups excluding carboxylic acids is 1. The van der Waals surface area contributed by atoms with Crippen molar-refractivity contribution in [2.45, 2.75) is 13.0 Å². The SMILES string of the molecule is CC(CBr)NC(=O)c1cn(C)cn1. The van der Waals surface area contributed by atoms with E-state index >= 15 is 0 Å². The van der Waals surface area contributed by atoms with Crippen LogP contribution in [-0.2, 0) is 7.05 Å². The highest BCUT2D eigenvalue weighted by molar-refractivity contribution is 9.09. The van der Waals surface area contributed by atoms with Crippen LogP contribution in [0, 0.1) is 0 Å². The number of imidazole rings is 1. The van der Waals surface area contributed by atoms with Crippen LogP contribution < -0.4 is 5.32 Å². The van der Waals surface area contributed by atoms with Crippen LogP contribution in [0.3, 0.4) is 0 Å². The maximum absolute atomic E-state index is 11.4. The Labute approximate surface area is 85.5 Å². The molecule has 0 saturated carbocycles. The fourth-order valence-corrected chi connectivity index (χ4v) is 1.03. The summed E-state index contributed by atoms with van der Waals surface area (Å²) in [7, 11) is 1.83. The van der Waals surface area contributed by atoms with Gasteiger partial charge in [0.05, 0.1) is 6.33 Å². The summed E-state index contributed by atoms with van der Waals surface area (Å²) in [6, 6.07) is 0.120. The van der Waals surface area contributed by atoms with Crippen LogP contribution in [-0.4, -0.2) is 26.8 Å². The number of alkyl halides is 1. The molecule has 0 radical (unpaired) electrons. The minimum Gasteiger partial charge on any atom is -0.347 e. The maximum Gasteiger partial charge on any atom is 0.271 e. The van der Waals surface area contributed by atoms with Gasteiger partial charge in [-0.25, -0.2) is 4.98 Å². The monoisotopic (exact) mass is 245 g/mol. The van der Waals surface area contributed by atoms with Crippen molar-refractivity contribution < 1.29 is 4.79 Å². The first-order valence-electron chi connectivity index (χ1n) is 3.98. The number of carbonyl (C=O) groups is 1. The number of nitrogens with zero attached hydrogens (tertiary/aromatic N) is 2. The van der Waals surface area contributed by atoms with Gasteiger partial charge in [0.1, 0.15) is 5.69 Å². The molecule has 72 valence electrons. The number of hydrogen-bond donors (Lipinski definition) is 1. The maximum atomic E-state index is 11.4. The fourth-order valence-electron chi connectivity index (χ4n) is 0.866. The average molecular weight is 246 g/mol. The Morgan fingerprint density at radius 2 is 2.54 bits per heavy atom. The molecule has 0 aliphatic heterocycles. The average Bonchev–Trinajstić information content (AvgIpc) is 2.51. The van der Waals surface area contributed by atoms with E-state index in [-0.39, 0.29) is 11.9 Å². The molecule has 1 unspecified atom stereocenters. The highest BCUT2D eigenvalue weighted by Crippen LogP contribution is 1.96. The number of rotatable bonds is 3. The van der Waals surface area contributed by atoms with Crippen molar-refractivity contribution in [3.8, 4) is 0 Å². The molecule has 1 rings (SSSR count). The van der Waals surface area contributed by atoms with E-state index in [2.05, 4.69) is 26.2 Å². The molecule has 1 aromatic rings. The second-order valence-corrected chi connectivity index (χ2v) is 3.60. The second-order valence-electron chi connectivity index (χ2n) is 2.95. The van der Waals surface area contributed by atoms with Crippen LogP contribution in [0.1, 0.15) is 17.4 Å². The summed E-state index contributed by atoms with van der Waals surface area (Å²) >= 11 is 3.28. The van der Waals surface area contributed by atoms with Gasteiger partial charge < -0.3 is 9.88 Å². The predicted octanol–water partition coefficient (Wildman–Crippen LogP) is 0.933. The Morgan fingerprint density at radius 1 is 1.85 bits per heavy atom. The molecule has 0 spiro atoms. The first-order valence-corrected chi connectivity index (χ1v) is 5.10. The van der Waals surface area contributed by atoms with Gasteiger partial charge in [-0.1, -0.05) is 15.9 Å². The van der Waals surface area contributed by atoms with Crippen molar-refractivity contribution in [3.05, 3.63) is 18.2 Å². The van der Waals surface area contributed by atoms with E-state index in [0.29, 0.717) is 5.69 Å². The molecule has 0 bridgehead atoms. The molecular weight excluding hydrogens is 234 g/mol. The third kappa shape index (κ3) is 2.84. The van der Waals surface area contributed by atoms with Gasteiger partial charge in [0, 0.05) is 24.6 Å². The van der Waals surface area contributed by atoms with Crippen LogP contribution >= 0.6 is 15.9 Å². The molecule has 1 amide bonds. The lowest BCUT2D eigenvalue weighted by molar-refractivity contribution is 0.0939. The molecule has 4 nitrogen and oxygen atoms in total. The van der Waals surface area contributed by atoms with Gasteiger partial charge in [-0.15, -0.1) is 0 Å². The molecule has 1 heterocycles. The van der Waals surface area contributed by atoms with E-state index in [9.17, 15) is 4.79 Å². The lowest BCUT2D eigenvalue weighted by atomic mass is 10.3. The zero-order valence-electron chi connectivity index (χ0n) is 7.62. The Hall–Kier alpha value is -0.840. The van der Waals surface area contributed by atoms with E-state index in [1.807, 2.05) is 14.0 Å². The van der Waals surface area contributed by atoms with Crippen LogP contribution in [0.5, 0.6) is 0 Å². The minimum absolute atomic E-state index is 0.120. The molecule has 13 heavy (non-hydrogen) atoms. The van der Waals surface area contributed by atoms with Gasteiger partial charge in [-0.05, 0) is 6.92 Å². The van der Waals surface area contributed by atoms with Crippen molar-refractivity contribution in [1.29, 1.82) is 0 Å². The summed E-state index contributed by atoms with van der Waals surface area (Å²) in [4.78, 5) is 15.4. The molecule has 5 heteroatoms. The zero-order valence-corrected chi connectivity index (χ0v) is 9.21. The predicted molar refractivity (Wildman–Crippen MR) is 53.9 cm³/mol. The molecule has 0 saturated heterocycles. The standard InChI is InChI=1S/C8H12BrN3O/c1-6(3-9)11-8(13)7-4-12(2)5-10-7/h4-6H,3H2,1-2H3,(H,11,13). The minimum atomic E-state index is -0.132. The van der Waals surface area contributed by atoms with Gasteiger partial charge in [-0.2, -0.15) is 0 Å². The largest absolute Gasteiger partial charge is 0.347 e. The van der Waals surface area contributed by atoms with Crippen molar-refractivity contribution >= 4 is 21.8 Å². The Kier molecular flexibility index (Phi) is 3.48. The number of hydrogen-bond acceptors (Lipinski definition) is 2. The molecule has 1 aromatic heterocycles. The third-order valence-electron chi connectivity index (χ3n) is 1.55. The van der Waals surface area contributed by atoms with Crippen molar-refractivity contribution in [2.75, 3.05) is 5.33 Å². The topological polar surface area (TPSA) is 46.9 Å². The van der Waals surface area contributed by atoms with E-state index in [0.717, 1.165) is 5.33 Å². The molecule has 1 N–H and O–H groups in total. The summed E-state index contributed by atoms with van der Waals surface area (Å²) in [5, 5.41) is 3.54. The first-order chi connectivity index (χ1) is 6.13. The van der Waals surface area contributed by atoms with Gasteiger partial charge in [0.15, 0.2) is 0 Å². The number of aryl methyl sites for hydroxylation is 1. The van der Waals surface area contributed by atoms with E-state index in [1.54, 1.807) is 17.1 Å². The van der Waals surface area contributed by atoms with Crippen molar-refractivity contribution in [3.63, 3.8) is 0 Å². The van der Waals surface area contributed by atoms with Gasteiger partial charge in [0.25, 0.3) is 5.91 Å². The van der Waals surface area contributed by atoms with Crippen molar-refractivity contribution in [2.24, 2.45) is 7.05 Å². The summed E-state index contributed by atoms with van der Waals surface area (Å²) in [5.74, 6) is -0.132. The number of aromatic nitrogens is 2. The van der Waals surface area contributed by atoms with Crippen LogP contribution in [0.4, 0.5) is 0 Å². The van der Waals surface area contributed by atoms with Gasteiger partial charge in [-0.3, -0.25) is 4.79 Å². The molecule has 0 aromatic carbocycles. The summed E-state index contributed by atoms with van der Waals surface area (Å²) in [5.41, 5.74) is 0.454. The van der Waals surface area contributed by atoms with Crippen molar-refractivity contribution in [1.82, 2.24) is 14.9 Å². The Morgan fingerprint density at radius 3 is 3.00 bits per heavy atom. The molecule has 0 aliphatic rings. The summed E-state index contributed by atoms with van der Waals surface area (Å²) in [6.45, 7) is 1.93. The third-order valence-corrected chi connectivity index (χ3v) is 2.52. The summed E-state index contributed by atoms with van der Waals surface area (Å²) < 4.78 is 1.74. The lowest BCUT2D eigenvalue weighted by Gasteiger charge is -2.08. The fraction of sp³-hybridized carbons (Fsp3) is 0.500. The number of amides is 1. The van der Waals surface area contributed by atoms with Gasteiger partial charge >= 0.3 is 0 Å². The highest BCUT2D eigenvalue weighted by Gasteiger charge is 2.10. The number of halogens is 1. The van der Waals surface area contributed by atoms with Gasteiger partial charge in [0.2, 0.25) is 0 Å². The highest BCUT2D eigenvalue weighted by atomic mass is 79.9. The normalized spacial score (nSPS) is 12.5. The molecular formula is C8H12BrN3O. The van der Waals surface area contributed by atoms with Crippen LogP contribution in [0.15, 0.2) is 12.5 Å². The Bertz CT molecular complexity index is 297. The van der Waals surface area contributed by atoms with Crippen LogP contribution in [0.2, 0.25) is 0 Å². The first kappa shape index (κ1) is 10.2. The smallest absolute Gasteiger partial charge is 0.271 e. The quantitative estimate of drug-likeness (QED) is 0.806. The van der Waals surface area contributed by atoms with E-state index in [4.69, 9.17) is 0 Å². The summed E-state index contributed by atoms with van der Waals surface area (Å²) in [6.07, 6.45) is 3.30. The lowest BCUT2D eigenvalue weighted by Crippen LogP contribution is -2.33. The number of nitrogens with one attached hydrogen (secondary N) is 1.